The first-order chi connectivity index (χ1) is 17.5. The van der Waals surface area contributed by atoms with Crippen LogP contribution < -0.4 is 9.46 Å². The smallest absolute Gasteiger partial charge is 0.248 e. The predicted octanol–water partition coefficient (Wildman–Crippen LogP) is 2.52. The minimum Gasteiger partial charge on any atom is -0.481 e. The van der Waals surface area contributed by atoms with Crippen LogP contribution in [0, 0.1) is 0 Å². The molecule has 3 N–H and O–H groups in total. The van der Waals surface area contributed by atoms with Crippen molar-refractivity contribution in [2.75, 3.05) is 26.8 Å². The lowest BCUT2D eigenvalue weighted by atomic mass is 10.0. The fraction of sp³-hybridized carbons (Fsp3) is 0.391. The number of hydrogen-bond donors (Lipinski definition) is 3. The van der Waals surface area contributed by atoms with E-state index >= 15 is 0 Å². The molecule has 0 radical (unpaired) electrons. The molecule has 2 unspecified atom stereocenters. The van der Waals surface area contributed by atoms with Crippen molar-refractivity contribution >= 4 is 22.2 Å². The van der Waals surface area contributed by atoms with E-state index in [1.807, 2.05) is 18.2 Å². The van der Waals surface area contributed by atoms with Crippen LogP contribution in [0.3, 0.4) is 0 Å². The molecule has 1 saturated heterocycles. The second kappa shape index (κ2) is 10.8. The average Bonchev–Trinajstić information content (AvgIpc) is 3.56. The van der Waals surface area contributed by atoms with Gasteiger partial charge in [-0.15, -0.1) is 10.2 Å². The van der Waals surface area contributed by atoms with Crippen molar-refractivity contribution in [3.63, 3.8) is 0 Å². The number of fused-ring (bicyclic) bond motifs is 1. The number of H-pyrrole nitrogens is 1. The summed E-state index contributed by atoms with van der Waals surface area (Å²) in [7, 11) is 1.50. The lowest BCUT2D eigenvalue weighted by molar-refractivity contribution is -0.0346. The average molecular weight is 514 g/mol. The molecule has 0 saturated carbocycles. The van der Waals surface area contributed by atoms with Crippen LogP contribution in [0.4, 0.5) is 0 Å². The second-order valence-electron chi connectivity index (χ2n) is 8.45. The van der Waals surface area contributed by atoms with Gasteiger partial charge in [0, 0.05) is 42.3 Å². The molecule has 3 aromatic heterocycles. The van der Waals surface area contributed by atoms with Gasteiger partial charge in [-0.05, 0) is 30.2 Å². The van der Waals surface area contributed by atoms with Crippen molar-refractivity contribution in [1.29, 1.82) is 0 Å². The largest absolute Gasteiger partial charge is 0.481 e. The standard InChI is InChI=1S/C23H27N7O5S/c1-3-17-12-30(4-5-34-17)13-21-28-29-23(35-21)18-7-14(8-20-19(18)11-25-27-20)15-6-16(10-26-36(31)32)22(33-2)24-9-15/h6-9,11,17,26H,3-5,10,12-13H2,1-2H3,(H,25,27)(H,31,32). The highest BCUT2D eigenvalue weighted by atomic mass is 32.2. The van der Waals surface area contributed by atoms with Gasteiger partial charge in [0.2, 0.25) is 28.9 Å². The lowest BCUT2D eigenvalue weighted by Crippen LogP contribution is -2.41. The van der Waals surface area contributed by atoms with Crippen molar-refractivity contribution < 1.29 is 22.7 Å². The summed E-state index contributed by atoms with van der Waals surface area (Å²) in [6.45, 7) is 5.14. The molecule has 36 heavy (non-hydrogen) atoms. The summed E-state index contributed by atoms with van der Waals surface area (Å²) < 4.78 is 39.8. The summed E-state index contributed by atoms with van der Waals surface area (Å²) >= 11 is -2.16. The van der Waals surface area contributed by atoms with Gasteiger partial charge in [0.15, 0.2) is 0 Å². The third-order valence-corrected chi connectivity index (χ3v) is 6.52. The highest BCUT2D eigenvalue weighted by Gasteiger charge is 2.22. The SMILES string of the molecule is CCC1CN(Cc2nnc(-c3cc(-c4cnc(OC)c(CNS(=O)O)c4)cc4[nH]ncc34)o2)CCO1. The van der Waals surface area contributed by atoms with Crippen molar-refractivity contribution in [2.24, 2.45) is 0 Å². The van der Waals surface area contributed by atoms with Crippen molar-refractivity contribution in [3.8, 4) is 28.5 Å². The Labute approximate surface area is 209 Å². The summed E-state index contributed by atoms with van der Waals surface area (Å²) in [6, 6.07) is 5.75. The summed E-state index contributed by atoms with van der Waals surface area (Å²) in [5.41, 5.74) is 3.80. The summed E-state index contributed by atoms with van der Waals surface area (Å²) in [6.07, 6.45) is 4.59. The van der Waals surface area contributed by atoms with Gasteiger partial charge in [0.25, 0.3) is 0 Å². The molecule has 13 heteroatoms. The molecule has 1 aliphatic rings. The van der Waals surface area contributed by atoms with Gasteiger partial charge in [0.1, 0.15) is 0 Å². The molecule has 0 amide bonds. The first-order valence-electron chi connectivity index (χ1n) is 11.6. The number of aromatic nitrogens is 5. The van der Waals surface area contributed by atoms with E-state index in [9.17, 15) is 4.21 Å². The molecule has 5 rings (SSSR count). The molecule has 4 aromatic rings. The van der Waals surface area contributed by atoms with Crippen LogP contribution >= 0.6 is 0 Å². The van der Waals surface area contributed by atoms with Crippen LogP contribution in [-0.2, 0) is 29.1 Å². The van der Waals surface area contributed by atoms with Gasteiger partial charge >= 0.3 is 0 Å². The molecular formula is C23H27N7O5S. The Bertz CT molecular complexity index is 1370. The Hall–Kier alpha value is -3.23. The zero-order valence-corrected chi connectivity index (χ0v) is 20.7. The van der Waals surface area contributed by atoms with Crippen LogP contribution in [0.15, 0.2) is 35.0 Å². The summed E-state index contributed by atoms with van der Waals surface area (Å²) in [5, 5.41) is 16.7. The predicted molar refractivity (Wildman–Crippen MR) is 132 cm³/mol. The Morgan fingerprint density at radius 3 is 2.97 bits per heavy atom. The number of ether oxygens (including phenoxy) is 2. The second-order valence-corrected chi connectivity index (χ2v) is 9.24. The highest BCUT2D eigenvalue weighted by molar-refractivity contribution is 7.77. The van der Waals surface area contributed by atoms with Crippen molar-refractivity contribution in [3.05, 3.63) is 42.0 Å². The number of hydrogen-bond acceptors (Lipinski definition) is 9. The summed E-state index contributed by atoms with van der Waals surface area (Å²) in [4.78, 5) is 6.63. The van der Waals surface area contributed by atoms with E-state index in [1.165, 1.54) is 7.11 Å². The van der Waals surface area contributed by atoms with Gasteiger partial charge < -0.3 is 13.9 Å². The number of nitrogens with zero attached hydrogens (tertiary/aromatic N) is 5. The van der Waals surface area contributed by atoms with Gasteiger partial charge in [-0.25, -0.2) is 13.9 Å². The molecular weight excluding hydrogens is 486 g/mol. The molecule has 1 fully saturated rings. The topological polar surface area (TPSA) is 152 Å². The van der Waals surface area contributed by atoms with Gasteiger partial charge in [-0.3, -0.25) is 14.6 Å². The molecule has 0 aliphatic carbocycles. The third kappa shape index (κ3) is 5.29. The van der Waals surface area contributed by atoms with Crippen molar-refractivity contribution in [1.82, 2.24) is 35.0 Å². The lowest BCUT2D eigenvalue weighted by Gasteiger charge is -2.31. The van der Waals surface area contributed by atoms with E-state index in [4.69, 9.17) is 18.4 Å². The maximum absolute atomic E-state index is 11.1. The molecule has 1 aliphatic heterocycles. The van der Waals surface area contributed by atoms with E-state index in [-0.39, 0.29) is 12.6 Å². The zero-order chi connectivity index (χ0) is 25.1. The zero-order valence-electron chi connectivity index (χ0n) is 19.9. The Morgan fingerprint density at radius 1 is 1.28 bits per heavy atom. The van der Waals surface area contributed by atoms with Gasteiger partial charge in [-0.2, -0.15) is 5.10 Å². The normalized spacial score (nSPS) is 17.5. The van der Waals surface area contributed by atoms with Crippen LogP contribution in [0.1, 0.15) is 24.8 Å². The van der Waals surface area contributed by atoms with Crippen LogP contribution in [0.5, 0.6) is 5.88 Å². The van der Waals surface area contributed by atoms with E-state index in [1.54, 1.807) is 12.4 Å². The van der Waals surface area contributed by atoms with E-state index in [0.29, 0.717) is 36.4 Å². The van der Waals surface area contributed by atoms with Crippen LogP contribution in [0.25, 0.3) is 33.5 Å². The molecule has 12 nitrogen and oxygen atoms in total. The maximum Gasteiger partial charge on any atom is 0.248 e. The first-order valence-corrected chi connectivity index (χ1v) is 12.7. The minimum atomic E-state index is -2.16. The third-order valence-electron chi connectivity index (χ3n) is 6.13. The van der Waals surface area contributed by atoms with E-state index < -0.39 is 11.3 Å². The van der Waals surface area contributed by atoms with E-state index in [0.717, 1.165) is 47.1 Å². The molecule has 0 spiro atoms. The fourth-order valence-corrected chi connectivity index (χ4v) is 4.57. The van der Waals surface area contributed by atoms with E-state index in [2.05, 4.69) is 41.9 Å². The molecule has 4 heterocycles. The number of rotatable bonds is 9. The quantitative estimate of drug-likeness (QED) is 0.285. The molecule has 190 valence electrons. The van der Waals surface area contributed by atoms with Crippen LogP contribution in [-0.4, -0.2) is 72.0 Å². The maximum atomic E-state index is 11.1. The number of pyridine rings is 1. The monoisotopic (exact) mass is 513 g/mol. The summed E-state index contributed by atoms with van der Waals surface area (Å²) in [5.74, 6) is 1.31. The highest BCUT2D eigenvalue weighted by Crippen LogP contribution is 2.34. The van der Waals surface area contributed by atoms with Gasteiger partial charge in [0.05, 0.1) is 43.6 Å². The molecule has 0 bridgehead atoms. The van der Waals surface area contributed by atoms with Gasteiger partial charge in [-0.1, -0.05) is 6.92 Å². The number of benzene rings is 1. The first kappa shape index (κ1) is 24.5. The van der Waals surface area contributed by atoms with Crippen LogP contribution in [0.2, 0.25) is 0 Å². The molecule has 2 atom stereocenters. The fourth-order valence-electron chi connectivity index (χ4n) is 4.29. The number of methoxy groups -OCH3 is 1. The Kier molecular flexibility index (Phi) is 7.34. The number of nitrogens with one attached hydrogen (secondary N) is 2. The number of aromatic amines is 1. The Morgan fingerprint density at radius 2 is 2.17 bits per heavy atom. The Balaban J connectivity index is 1.46. The number of morpholine rings is 1. The molecule has 1 aromatic carbocycles. The minimum absolute atomic E-state index is 0.111. The van der Waals surface area contributed by atoms with Crippen molar-refractivity contribution in [2.45, 2.75) is 32.5 Å².